The first-order valence-corrected chi connectivity index (χ1v) is 17.0. The molecule has 246 valence electrons. The summed E-state index contributed by atoms with van der Waals surface area (Å²) in [5, 5.41) is 8.05. The van der Waals surface area contributed by atoms with Crippen molar-refractivity contribution < 1.29 is 9.59 Å². The highest BCUT2D eigenvalue weighted by Crippen LogP contribution is 2.33. The number of hydrogen-bond donors (Lipinski definition) is 2. The Balaban J connectivity index is 1.15. The number of nitrogens with zero attached hydrogens (tertiary/aromatic N) is 3. The molecule has 0 aliphatic heterocycles. The number of fused-ring (bicyclic) bond motifs is 1. The van der Waals surface area contributed by atoms with E-state index in [1.807, 2.05) is 95.9 Å². The van der Waals surface area contributed by atoms with Crippen LogP contribution < -0.4 is 15.5 Å². The molecule has 5 aromatic rings. The van der Waals surface area contributed by atoms with Gasteiger partial charge in [-0.15, -0.1) is 0 Å². The molecule has 0 radical (unpaired) electrons. The first-order valence-electron chi connectivity index (χ1n) is 17.0. The topological polar surface area (TPSA) is 77.6 Å². The molecule has 4 aromatic carbocycles. The third-order valence-electron chi connectivity index (χ3n) is 9.63. The van der Waals surface area contributed by atoms with Gasteiger partial charge in [0, 0.05) is 43.3 Å². The van der Waals surface area contributed by atoms with Crippen LogP contribution in [0.3, 0.4) is 0 Å². The Hall–Kier alpha value is -5.17. The smallest absolute Gasteiger partial charge is 0.255 e. The predicted molar refractivity (Wildman–Crippen MR) is 196 cm³/mol. The fraction of sp³-hybridized carbons (Fsp3) is 0.293. The van der Waals surface area contributed by atoms with Crippen LogP contribution in [0.25, 0.3) is 10.9 Å². The van der Waals surface area contributed by atoms with Crippen LogP contribution in [0.1, 0.15) is 83.5 Å². The number of para-hydroxylation sites is 1. The van der Waals surface area contributed by atoms with Crippen LogP contribution in [0.15, 0.2) is 115 Å². The maximum atomic E-state index is 14.5. The first kappa shape index (κ1) is 32.8. The SMILES string of the molecule is C[C@@H](c1ccccc1)N(C(=O)c1ccccc1C(=O)NC1CCC(Nc2cc(N(C)C)c3ccccc3n2)CC1)[C@@H](C)c1ccccc1. The maximum Gasteiger partial charge on any atom is 0.255 e. The van der Waals surface area contributed by atoms with E-state index in [1.54, 1.807) is 12.1 Å². The van der Waals surface area contributed by atoms with Gasteiger partial charge in [0.05, 0.1) is 28.7 Å². The minimum atomic E-state index is -0.210. The summed E-state index contributed by atoms with van der Waals surface area (Å²) in [7, 11) is 4.10. The van der Waals surface area contributed by atoms with Crippen molar-refractivity contribution in [1.82, 2.24) is 15.2 Å². The summed E-state index contributed by atoms with van der Waals surface area (Å²) in [6.07, 6.45) is 3.51. The molecule has 1 fully saturated rings. The van der Waals surface area contributed by atoms with Gasteiger partial charge in [0.15, 0.2) is 0 Å². The third-order valence-corrected chi connectivity index (χ3v) is 9.63. The molecule has 0 unspecified atom stereocenters. The second-order valence-electron chi connectivity index (χ2n) is 13.0. The second kappa shape index (κ2) is 14.7. The van der Waals surface area contributed by atoms with E-state index in [9.17, 15) is 9.59 Å². The molecule has 7 heteroatoms. The molecule has 1 aromatic heterocycles. The van der Waals surface area contributed by atoms with Gasteiger partial charge in [0.1, 0.15) is 5.82 Å². The number of pyridine rings is 1. The van der Waals surface area contributed by atoms with Crippen molar-refractivity contribution in [2.45, 2.75) is 63.7 Å². The Morgan fingerprint density at radius 3 is 1.81 bits per heavy atom. The van der Waals surface area contributed by atoms with E-state index in [0.717, 1.165) is 59.2 Å². The zero-order valence-corrected chi connectivity index (χ0v) is 28.3. The summed E-state index contributed by atoms with van der Waals surface area (Å²) < 4.78 is 0. The Kier molecular flexibility index (Phi) is 10.0. The Morgan fingerprint density at radius 1 is 0.688 bits per heavy atom. The zero-order valence-electron chi connectivity index (χ0n) is 28.3. The average molecular weight is 640 g/mol. The highest BCUT2D eigenvalue weighted by atomic mass is 16.2. The van der Waals surface area contributed by atoms with Crippen LogP contribution in [-0.4, -0.2) is 47.9 Å². The van der Waals surface area contributed by atoms with Crippen LogP contribution in [0, 0.1) is 0 Å². The molecule has 0 saturated heterocycles. The highest BCUT2D eigenvalue weighted by Gasteiger charge is 2.31. The van der Waals surface area contributed by atoms with Crippen molar-refractivity contribution >= 4 is 34.2 Å². The molecule has 1 heterocycles. The van der Waals surface area contributed by atoms with Gasteiger partial charge in [0.25, 0.3) is 11.8 Å². The Morgan fingerprint density at radius 2 is 1.21 bits per heavy atom. The van der Waals surface area contributed by atoms with Gasteiger partial charge in [-0.2, -0.15) is 0 Å². The predicted octanol–water partition coefficient (Wildman–Crippen LogP) is 8.42. The summed E-state index contributed by atoms with van der Waals surface area (Å²) in [6.45, 7) is 4.10. The van der Waals surface area contributed by atoms with Gasteiger partial charge in [-0.3, -0.25) is 9.59 Å². The largest absolute Gasteiger partial charge is 0.377 e. The van der Waals surface area contributed by atoms with Crippen molar-refractivity contribution in [3.8, 4) is 0 Å². The van der Waals surface area contributed by atoms with Crippen molar-refractivity contribution in [1.29, 1.82) is 0 Å². The van der Waals surface area contributed by atoms with E-state index in [0.29, 0.717) is 11.1 Å². The molecule has 2 atom stereocenters. The number of carbonyl (C=O) groups excluding carboxylic acids is 2. The molecule has 0 bridgehead atoms. The van der Waals surface area contributed by atoms with Crippen molar-refractivity contribution in [2.24, 2.45) is 0 Å². The van der Waals surface area contributed by atoms with Gasteiger partial charge < -0.3 is 20.4 Å². The lowest BCUT2D eigenvalue weighted by Gasteiger charge is -2.36. The molecule has 1 saturated carbocycles. The lowest BCUT2D eigenvalue weighted by molar-refractivity contribution is 0.0599. The summed E-state index contributed by atoms with van der Waals surface area (Å²) in [6, 6.07) is 37.5. The van der Waals surface area contributed by atoms with E-state index in [4.69, 9.17) is 4.98 Å². The molecular formula is C41H45N5O2. The summed E-state index contributed by atoms with van der Waals surface area (Å²) in [5.41, 5.74) is 5.00. The second-order valence-corrected chi connectivity index (χ2v) is 13.0. The molecule has 7 nitrogen and oxygen atoms in total. The fourth-order valence-electron chi connectivity index (χ4n) is 6.93. The number of amides is 2. The number of anilines is 2. The molecule has 1 aliphatic rings. The Labute approximate surface area is 284 Å². The van der Waals surface area contributed by atoms with Crippen LogP contribution in [0.4, 0.5) is 11.5 Å². The maximum absolute atomic E-state index is 14.5. The van der Waals surface area contributed by atoms with Gasteiger partial charge in [-0.1, -0.05) is 91.0 Å². The quantitative estimate of drug-likeness (QED) is 0.160. The van der Waals surface area contributed by atoms with Crippen LogP contribution in [0.2, 0.25) is 0 Å². The number of aromatic nitrogens is 1. The average Bonchev–Trinajstić information content (AvgIpc) is 3.12. The van der Waals surface area contributed by atoms with Gasteiger partial charge in [-0.25, -0.2) is 4.98 Å². The van der Waals surface area contributed by atoms with Crippen LogP contribution >= 0.6 is 0 Å². The molecule has 0 spiro atoms. The summed E-state index contributed by atoms with van der Waals surface area (Å²) in [5.74, 6) is 0.500. The van der Waals surface area contributed by atoms with Gasteiger partial charge in [0.2, 0.25) is 0 Å². The monoisotopic (exact) mass is 639 g/mol. The summed E-state index contributed by atoms with van der Waals surface area (Å²) >= 11 is 0. The van der Waals surface area contributed by atoms with Gasteiger partial charge in [-0.05, 0) is 68.9 Å². The van der Waals surface area contributed by atoms with E-state index in [1.165, 1.54) is 0 Å². The molecule has 2 amide bonds. The summed E-state index contributed by atoms with van der Waals surface area (Å²) in [4.78, 5) is 37.2. The lowest BCUT2D eigenvalue weighted by Crippen LogP contribution is -2.41. The number of benzene rings is 4. The molecule has 2 N–H and O–H groups in total. The zero-order chi connectivity index (χ0) is 33.6. The van der Waals surface area contributed by atoms with Gasteiger partial charge >= 0.3 is 0 Å². The fourth-order valence-corrected chi connectivity index (χ4v) is 6.93. The molecule has 1 aliphatic carbocycles. The minimum Gasteiger partial charge on any atom is -0.377 e. The van der Waals surface area contributed by atoms with Crippen LogP contribution in [0.5, 0.6) is 0 Å². The molecular weight excluding hydrogens is 594 g/mol. The van der Waals surface area contributed by atoms with Crippen LogP contribution in [-0.2, 0) is 0 Å². The number of nitrogens with one attached hydrogen (secondary N) is 2. The van der Waals surface area contributed by atoms with E-state index in [-0.39, 0.29) is 36.0 Å². The third kappa shape index (κ3) is 7.20. The lowest BCUT2D eigenvalue weighted by atomic mass is 9.90. The molecule has 48 heavy (non-hydrogen) atoms. The first-order chi connectivity index (χ1) is 23.3. The standard InChI is InChI=1S/C41H45N5O2/c1-28(30-15-7-5-8-16-30)46(29(2)31-17-9-6-10-18-31)41(48)35-20-12-11-19-34(35)40(47)43-33-25-23-32(24-26-33)42-39-27-38(45(3)4)36-21-13-14-22-37(36)44-39/h5-22,27-29,32-33H,23-26H2,1-4H3,(H,42,44)(H,43,47)/t28-,29-,32?,33?/m0/s1. The number of rotatable bonds is 10. The van der Waals surface area contributed by atoms with Crippen molar-refractivity contribution in [3.05, 3.63) is 138 Å². The van der Waals surface area contributed by atoms with E-state index in [2.05, 4.69) is 55.6 Å². The molecule has 6 rings (SSSR count). The van der Waals surface area contributed by atoms with Crippen molar-refractivity contribution in [3.63, 3.8) is 0 Å². The van der Waals surface area contributed by atoms with Crippen molar-refractivity contribution in [2.75, 3.05) is 24.3 Å². The van der Waals surface area contributed by atoms with E-state index < -0.39 is 0 Å². The minimum absolute atomic E-state index is 0.0307. The normalized spacial score (nSPS) is 17.2. The number of hydrogen-bond acceptors (Lipinski definition) is 5. The highest BCUT2D eigenvalue weighted by molar-refractivity contribution is 6.07. The Bertz CT molecular complexity index is 1810. The number of carbonyl (C=O) groups is 2. The van der Waals surface area contributed by atoms with E-state index >= 15 is 0 Å².